The van der Waals surface area contributed by atoms with Crippen LogP contribution in [0.2, 0.25) is 0 Å². The van der Waals surface area contributed by atoms with Crippen molar-refractivity contribution in [3.8, 4) is 5.88 Å². The molecule has 2 N–H and O–H groups in total. The van der Waals surface area contributed by atoms with E-state index in [2.05, 4.69) is 9.97 Å². The monoisotopic (exact) mass is 238 g/mol. The van der Waals surface area contributed by atoms with Gasteiger partial charge in [0.25, 0.3) is 0 Å². The summed E-state index contributed by atoms with van der Waals surface area (Å²) in [4.78, 5) is 7.88. The molecule has 90 valence electrons. The lowest BCUT2D eigenvalue weighted by Gasteiger charge is -2.11. The minimum Gasteiger partial charge on any atom is -0.481 e. The smallest absolute Gasteiger partial charge is 0.213 e. The summed E-state index contributed by atoms with van der Waals surface area (Å²) in [6.45, 7) is -0.588. The average molecular weight is 238 g/mol. The summed E-state index contributed by atoms with van der Waals surface area (Å²) < 4.78 is 18.5. The summed E-state index contributed by atoms with van der Waals surface area (Å²) in [5.41, 5.74) is 0.539. The Morgan fingerprint density at radius 2 is 2.24 bits per heavy atom. The summed E-state index contributed by atoms with van der Waals surface area (Å²) in [6, 6.07) is 3.19. The van der Waals surface area contributed by atoms with Gasteiger partial charge in [-0.05, 0) is 6.07 Å². The molecule has 0 spiro atoms. The molecule has 0 amide bonds. The standard InChI is InChI=1S/C11H11FN2O3/c1-17-9-3-2-7-11(14-9)10(8(16)5-15)6(12)4-13-7/h2-4,8,15-16H,5H2,1H3/t8-/m0/s1. The topological polar surface area (TPSA) is 75.5 Å². The van der Waals surface area contributed by atoms with Gasteiger partial charge >= 0.3 is 0 Å². The molecular weight excluding hydrogens is 227 g/mol. The third-order valence-electron chi connectivity index (χ3n) is 2.39. The first-order valence-corrected chi connectivity index (χ1v) is 4.95. The van der Waals surface area contributed by atoms with Crippen LogP contribution in [0, 0.1) is 5.82 Å². The Morgan fingerprint density at radius 3 is 2.88 bits per heavy atom. The van der Waals surface area contributed by atoms with Crippen molar-refractivity contribution in [1.82, 2.24) is 9.97 Å². The highest BCUT2D eigenvalue weighted by atomic mass is 19.1. The molecule has 2 rings (SSSR count). The highest BCUT2D eigenvalue weighted by molar-refractivity contribution is 5.78. The number of halogens is 1. The maximum Gasteiger partial charge on any atom is 0.213 e. The van der Waals surface area contributed by atoms with Crippen molar-refractivity contribution in [3.05, 3.63) is 29.7 Å². The lowest BCUT2D eigenvalue weighted by atomic mass is 10.1. The van der Waals surface area contributed by atoms with E-state index in [0.29, 0.717) is 5.52 Å². The van der Waals surface area contributed by atoms with Gasteiger partial charge in [0.15, 0.2) is 0 Å². The zero-order valence-corrected chi connectivity index (χ0v) is 9.09. The van der Waals surface area contributed by atoms with Gasteiger partial charge in [-0.25, -0.2) is 9.37 Å². The van der Waals surface area contributed by atoms with Crippen molar-refractivity contribution < 1.29 is 19.3 Å². The van der Waals surface area contributed by atoms with Crippen LogP contribution in [-0.4, -0.2) is 33.9 Å². The molecule has 0 unspecified atom stereocenters. The number of methoxy groups -OCH3 is 1. The number of nitrogens with zero attached hydrogens (tertiary/aromatic N) is 2. The van der Waals surface area contributed by atoms with Gasteiger partial charge in [0, 0.05) is 11.6 Å². The van der Waals surface area contributed by atoms with E-state index in [1.54, 1.807) is 12.1 Å². The Kier molecular flexibility index (Phi) is 3.16. The minimum atomic E-state index is -1.33. The quantitative estimate of drug-likeness (QED) is 0.827. The van der Waals surface area contributed by atoms with E-state index in [4.69, 9.17) is 9.84 Å². The third kappa shape index (κ3) is 2.04. The van der Waals surface area contributed by atoms with Crippen LogP contribution in [0.1, 0.15) is 11.7 Å². The van der Waals surface area contributed by atoms with E-state index in [-0.39, 0.29) is 17.0 Å². The fraction of sp³-hybridized carbons (Fsp3) is 0.273. The molecule has 0 saturated heterocycles. The number of aliphatic hydroxyl groups excluding tert-OH is 2. The van der Waals surface area contributed by atoms with Gasteiger partial charge in [-0.3, -0.25) is 4.98 Å². The highest BCUT2D eigenvalue weighted by Gasteiger charge is 2.18. The van der Waals surface area contributed by atoms with Crippen molar-refractivity contribution in [2.45, 2.75) is 6.10 Å². The van der Waals surface area contributed by atoms with Crippen LogP contribution in [0.15, 0.2) is 18.3 Å². The summed E-state index contributed by atoms with van der Waals surface area (Å²) in [7, 11) is 1.43. The van der Waals surface area contributed by atoms with Gasteiger partial charge in [-0.2, -0.15) is 0 Å². The van der Waals surface area contributed by atoms with Crippen LogP contribution in [0.3, 0.4) is 0 Å². The number of ether oxygens (including phenoxy) is 1. The van der Waals surface area contributed by atoms with E-state index < -0.39 is 18.5 Å². The zero-order chi connectivity index (χ0) is 12.4. The number of pyridine rings is 2. The molecule has 2 aromatic heterocycles. The van der Waals surface area contributed by atoms with Gasteiger partial charge in [-0.15, -0.1) is 0 Å². The molecule has 0 aliphatic rings. The van der Waals surface area contributed by atoms with Gasteiger partial charge in [0.2, 0.25) is 5.88 Å². The Bertz CT molecular complexity index is 547. The number of fused-ring (bicyclic) bond motifs is 1. The van der Waals surface area contributed by atoms with Crippen molar-refractivity contribution in [3.63, 3.8) is 0 Å². The maximum atomic E-state index is 13.6. The maximum absolute atomic E-state index is 13.6. The summed E-state index contributed by atoms with van der Waals surface area (Å²) >= 11 is 0. The zero-order valence-electron chi connectivity index (χ0n) is 9.09. The number of aliphatic hydroxyl groups is 2. The molecule has 0 radical (unpaired) electrons. The van der Waals surface area contributed by atoms with Crippen LogP contribution in [0.5, 0.6) is 5.88 Å². The molecule has 1 atom stereocenters. The van der Waals surface area contributed by atoms with Crippen LogP contribution in [0.25, 0.3) is 11.0 Å². The first kappa shape index (κ1) is 11.7. The fourth-order valence-corrected chi connectivity index (χ4v) is 1.57. The fourth-order valence-electron chi connectivity index (χ4n) is 1.57. The summed E-state index contributed by atoms with van der Waals surface area (Å²) in [5, 5.41) is 18.5. The third-order valence-corrected chi connectivity index (χ3v) is 2.39. The Labute approximate surface area is 96.5 Å². The van der Waals surface area contributed by atoms with Crippen molar-refractivity contribution in [2.24, 2.45) is 0 Å². The van der Waals surface area contributed by atoms with E-state index in [9.17, 15) is 9.50 Å². The molecule has 0 bridgehead atoms. The summed E-state index contributed by atoms with van der Waals surface area (Å²) in [5.74, 6) is -0.420. The van der Waals surface area contributed by atoms with Gasteiger partial charge < -0.3 is 14.9 Å². The molecule has 0 saturated carbocycles. The lowest BCUT2D eigenvalue weighted by molar-refractivity contribution is 0.0936. The molecule has 6 heteroatoms. The molecular formula is C11H11FN2O3. The van der Waals surface area contributed by atoms with Crippen molar-refractivity contribution in [2.75, 3.05) is 13.7 Å². The van der Waals surface area contributed by atoms with Crippen LogP contribution in [0.4, 0.5) is 4.39 Å². The second-order valence-electron chi connectivity index (χ2n) is 3.44. The number of rotatable bonds is 3. The Hall–Kier alpha value is -1.79. The molecule has 0 aliphatic carbocycles. The second kappa shape index (κ2) is 4.60. The first-order chi connectivity index (χ1) is 8.17. The SMILES string of the molecule is COc1ccc2ncc(F)c([C@@H](O)CO)c2n1. The molecule has 2 heterocycles. The van der Waals surface area contributed by atoms with Gasteiger partial charge in [0.1, 0.15) is 17.4 Å². The van der Waals surface area contributed by atoms with Crippen LogP contribution >= 0.6 is 0 Å². The van der Waals surface area contributed by atoms with E-state index >= 15 is 0 Å². The van der Waals surface area contributed by atoms with E-state index in [1.807, 2.05) is 0 Å². The molecule has 5 nitrogen and oxygen atoms in total. The normalized spacial score (nSPS) is 12.7. The Balaban J connectivity index is 2.73. The number of hydrogen-bond acceptors (Lipinski definition) is 5. The van der Waals surface area contributed by atoms with Crippen LogP contribution in [-0.2, 0) is 0 Å². The number of aromatic nitrogens is 2. The van der Waals surface area contributed by atoms with Gasteiger partial charge in [0.05, 0.1) is 25.4 Å². The molecule has 0 aliphatic heterocycles. The van der Waals surface area contributed by atoms with E-state index in [1.165, 1.54) is 7.11 Å². The van der Waals surface area contributed by atoms with Crippen molar-refractivity contribution >= 4 is 11.0 Å². The highest BCUT2D eigenvalue weighted by Crippen LogP contribution is 2.25. The molecule has 0 aromatic carbocycles. The molecule has 17 heavy (non-hydrogen) atoms. The van der Waals surface area contributed by atoms with Crippen LogP contribution < -0.4 is 4.74 Å². The molecule has 0 fully saturated rings. The molecule has 2 aromatic rings. The predicted molar refractivity (Wildman–Crippen MR) is 58.1 cm³/mol. The minimum absolute atomic E-state index is 0.0728. The Morgan fingerprint density at radius 1 is 1.47 bits per heavy atom. The average Bonchev–Trinajstić information content (AvgIpc) is 2.37. The first-order valence-electron chi connectivity index (χ1n) is 4.95. The largest absolute Gasteiger partial charge is 0.481 e. The predicted octanol–water partition coefficient (Wildman–Crippen LogP) is 0.803. The number of hydrogen-bond donors (Lipinski definition) is 2. The van der Waals surface area contributed by atoms with E-state index in [0.717, 1.165) is 6.20 Å². The summed E-state index contributed by atoms with van der Waals surface area (Å²) in [6.07, 6.45) is -0.342. The lowest BCUT2D eigenvalue weighted by Crippen LogP contribution is -2.08. The van der Waals surface area contributed by atoms with Gasteiger partial charge in [-0.1, -0.05) is 0 Å². The second-order valence-corrected chi connectivity index (χ2v) is 3.44. The van der Waals surface area contributed by atoms with Crippen molar-refractivity contribution in [1.29, 1.82) is 0 Å².